The molecule has 156 valence electrons. The molecule has 0 aromatic heterocycles. The van der Waals surface area contributed by atoms with E-state index in [0.717, 1.165) is 28.1 Å². The van der Waals surface area contributed by atoms with Gasteiger partial charge in [0, 0.05) is 5.56 Å². The van der Waals surface area contributed by atoms with Crippen LogP contribution in [0.3, 0.4) is 0 Å². The molecular weight excluding hydrogens is 394 g/mol. The van der Waals surface area contributed by atoms with E-state index < -0.39 is 0 Å². The lowest BCUT2D eigenvalue weighted by atomic mass is 9.81. The maximum Gasteiger partial charge on any atom is 0.338 e. The summed E-state index contributed by atoms with van der Waals surface area (Å²) in [5, 5.41) is 0. The molecule has 0 unspecified atom stereocenters. The van der Waals surface area contributed by atoms with Gasteiger partial charge >= 0.3 is 5.97 Å². The third-order valence-corrected chi connectivity index (χ3v) is 5.79. The number of nitrogens with zero attached hydrogens (tertiary/aromatic N) is 1. The molecule has 0 bridgehead atoms. The minimum atomic E-state index is -0.316. The monoisotopic (exact) mass is 417 g/mol. The van der Waals surface area contributed by atoms with Crippen molar-refractivity contribution in [2.45, 2.75) is 12.8 Å². The van der Waals surface area contributed by atoms with Gasteiger partial charge in [0.2, 0.25) is 0 Å². The molecule has 0 saturated carbocycles. The van der Waals surface area contributed by atoms with E-state index in [1.165, 1.54) is 11.1 Å². The van der Waals surface area contributed by atoms with Crippen LogP contribution >= 0.6 is 0 Å². The molecule has 0 amide bonds. The van der Waals surface area contributed by atoms with Gasteiger partial charge in [0.05, 0.1) is 29.5 Å². The Morgan fingerprint density at radius 1 is 0.812 bits per heavy atom. The zero-order valence-electron chi connectivity index (χ0n) is 17.9. The number of hydrogen-bond donors (Lipinski definition) is 0. The number of rotatable bonds is 4. The van der Waals surface area contributed by atoms with Gasteiger partial charge < -0.3 is 4.74 Å². The van der Waals surface area contributed by atoms with Crippen LogP contribution in [0.2, 0.25) is 0 Å². The standard InChI is InChI=1S/C29H23NO2/c1-2-32-29(31)22-17-18-26-25(19-22)23-15-9-10-16-24(23)27(20-11-5-3-6-12-20)28(30-26)21-13-7-4-8-14-21/h3-19,27H,2H2,1H3/t27-/m0/s1. The first-order valence-corrected chi connectivity index (χ1v) is 10.9. The molecule has 1 aliphatic heterocycles. The zero-order valence-corrected chi connectivity index (χ0v) is 17.9. The van der Waals surface area contributed by atoms with Crippen LogP contribution < -0.4 is 0 Å². The summed E-state index contributed by atoms with van der Waals surface area (Å²) in [6.45, 7) is 2.16. The van der Waals surface area contributed by atoms with Gasteiger partial charge in [-0.1, -0.05) is 84.9 Å². The molecule has 3 nitrogen and oxygen atoms in total. The number of carbonyl (C=O) groups excluding carboxylic acids is 1. The van der Waals surface area contributed by atoms with Crippen LogP contribution in [0.15, 0.2) is 108 Å². The van der Waals surface area contributed by atoms with Crippen molar-refractivity contribution in [1.29, 1.82) is 0 Å². The zero-order chi connectivity index (χ0) is 21.9. The van der Waals surface area contributed by atoms with Crippen molar-refractivity contribution in [1.82, 2.24) is 0 Å². The SMILES string of the molecule is CCOC(=O)c1ccc2c(c1)-c1ccccc1[C@H](c1ccccc1)C(c1ccccc1)=N2. The van der Waals surface area contributed by atoms with Gasteiger partial charge in [-0.3, -0.25) is 4.99 Å². The fourth-order valence-electron chi connectivity index (χ4n) is 4.35. The molecule has 1 atom stereocenters. The Morgan fingerprint density at radius 2 is 1.50 bits per heavy atom. The number of ether oxygens (including phenoxy) is 1. The van der Waals surface area contributed by atoms with E-state index in [2.05, 4.69) is 54.6 Å². The minimum Gasteiger partial charge on any atom is -0.462 e. The highest BCUT2D eigenvalue weighted by Gasteiger charge is 2.28. The summed E-state index contributed by atoms with van der Waals surface area (Å²) < 4.78 is 5.24. The number of aliphatic imine (C=N–C) groups is 1. The van der Waals surface area contributed by atoms with E-state index in [9.17, 15) is 4.79 Å². The molecule has 4 aromatic carbocycles. The Hall–Kier alpha value is -3.98. The Morgan fingerprint density at radius 3 is 2.25 bits per heavy atom. The highest BCUT2D eigenvalue weighted by Crippen LogP contribution is 2.43. The van der Waals surface area contributed by atoms with Gasteiger partial charge in [0.1, 0.15) is 0 Å². The minimum absolute atomic E-state index is 0.0340. The average molecular weight is 418 g/mol. The van der Waals surface area contributed by atoms with Crippen molar-refractivity contribution >= 4 is 17.4 Å². The van der Waals surface area contributed by atoms with Crippen LogP contribution in [0, 0.1) is 0 Å². The predicted octanol–water partition coefficient (Wildman–Crippen LogP) is 6.80. The molecule has 4 aromatic rings. The maximum atomic E-state index is 12.4. The van der Waals surface area contributed by atoms with E-state index >= 15 is 0 Å². The summed E-state index contributed by atoms with van der Waals surface area (Å²) in [5.74, 6) is -0.350. The first-order chi connectivity index (χ1) is 15.8. The highest BCUT2D eigenvalue weighted by atomic mass is 16.5. The molecule has 1 aliphatic rings. The summed E-state index contributed by atoms with van der Waals surface area (Å²) in [4.78, 5) is 17.6. The molecule has 32 heavy (non-hydrogen) atoms. The predicted molar refractivity (Wildman–Crippen MR) is 129 cm³/mol. The van der Waals surface area contributed by atoms with Crippen LogP contribution in [0.25, 0.3) is 11.1 Å². The van der Waals surface area contributed by atoms with Gasteiger partial charge in [-0.2, -0.15) is 0 Å². The third-order valence-electron chi connectivity index (χ3n) is 5.79. The second kappa shape index (κ2) is 8.64. The number of fused-ring (bicyclic) bond motifs is 3. The summed E-state index contributed by atoms with van der Waals surface area (Å²) in [6, 6.07) is 34.8. The Balaban J connectivity index is 1.80. The third kappa shape index (κ3) is 3.63. The summed E-state index contributed by atoms with van der Waals surface area (Å²) in [6.07, 6.45) is 0. The van der Waals surface area contributed by atoms with Crippen LogP contribution in [0.1, 0.15) is 39.9 Å². The number of carbonyl (C=O) groups is 1. The second-order valence-corrected chi connectivity index (χ2v) is 7.75. The van der Waals surface area contributed by atoms with Gasteiger partial charge in [-0.05, 0) is 47.4 Å². The molecule has 5 rings (SSSR count). The van der Waals surface area contributed by atoms with Gasteiger partial charge in [-0.25, -0.2) is 4.79 Å². The first-order valence-electron chi connectivity index (χ1n) is 10.9. The van der Waals surface area contributed by atoms with Crippen LogP contribution in [0.4, 0.5) is 5.69 Å². The lowest BCUT2D eigenvalue weighted by Crippen LogP contribution is -2.15. The molecule has 0 saturated heterocycles. The normalized spacial score (nSPS) is 14.5. The number of hydrogen-bond acceptors (Lipinski definition) is 3. The maximum absolute atomic E-state index is 12.4. The van der Waals surface area contributed by atoms with E-state index in [1.54, 1.807) is 6.07 Å². The van der Waals surface area contributed by atoms with E-state index in [4.69, 9.17) is 9.73 Å². The molecule has 3 heteroatoms. The fraction of sp³-hybridized carbons (Fsp3) is 0.103. The van der Waals surface area contributed by atoms with Crippen molar-refractivity contribution < 1.29 is 9.53 Å². The van der Waals surface area contributed by atoms with E-state index in [1.807, 2.05) is 49.4 Å². The summed E-state index contributed by atoms with van der Waals surface area (Å²) >= 11 is 0. The molecule has 1 heterocycles. The van der Waals surface area contributed by atoms with E-state index in [0.29, 0.717) is 12.2 Å². The van der Waals surface area contributed by atoms with Crippen LogP contribution in [-0.2, 0) is 4.74 Å². The van der Waals surface area contributed by atoms with Crippen LogP contribution in [-0.4, -0.2) is 18.3 Å². The van der Waals surface area contributed by atoms with Gasteiger partial charge in [0.15, 0.2) is 0 Å². The average Bonchev–Trinajstić information content (AvgIpc) is 2.99. The summed E-state index contributed by atoms with van der Waals surface area (Å²) in [5.41, 5.74) is 7.83. The van der Waals surface area contributed by atoms with Gasteiger partial charge in [0.25, 0.3) is 0 Å². The van der Waals surface area contributed by atoms with Crippen LogP contribution in [0.5, 0.6) is 0 Å². The number of benzene rings is 4. The largest absolute Gasteiger partial charge is 0.462 e. The van der Waals surface area contributed by atoms with Crippen molar-refractivity contribution in [2.24, 2.45) is 4.99 Å². The highest BCUT2D eigenvalue weighted by molar-refractivity contribution is 6.11. The molecule has 0 N–H and O–H groups in total. The van der Waals surface area contributed by atoms with Crippen molar-refractivity contribution in [3.05, 3.63) is 125 Å². The number of esters is 1. The molecule has 0 spiro atoms. The van der Waals surface area contributed by atoms with Crippen molar-refractivity contribution in [3.8, 4) is 11.1 Å². The van der Waals surface area contributed by atoms with Crippen molar-refractivity contribution in [2.75, 3.05) is 6.61 Å². The van der Waals surface area contributed by atoms with Crippen molar-refractivity contribution in [3.63, 3.8) is 0 Å². The fourth-order valence-corrected chi connectivity index (χ4v) is 4.35. The lowest BCUT2D eigenvalue weighted by Gasteiger charge is -2.21. The Kier molecular flexibility index (Phi) is 5.39. The lowest BCUT2D eigenvalue weighted by molar-refractivity contribution is 0.0526. The topological polar surface area (TPSA) is 38.7 Å². The quantitative estimate of drug-likeness (QED) is 0.343. The van der Waals surface area contributed by atoms with Gasteiger partial charge in [-0.15, -0.1) is 0 Å². The summed E-state index contributed by atoms with van der Waals surface area (Å²) in [7, 11) is 0. The van der Waals surface area contributed by atoms with E-state index in [-0.39, 0.29) is 11.9 Å². The molecule has 0 aliphatic carbocycles. The molecule has 0 fully saturated rings. The molecule has 0 radical (unpaired) electrons. The second-order valence-electron chi connectivity index (χ2n) is 7.75. The smallest absolute Gasteiger partial charge is 0.338 e. The Bertz CT molecular complexity index is 1290. The Labute approximate surface area is 188 Å². The molecular formula is C29H23NO2. The first kappa shape index (κ1) is 20.0.